The van der Waals surface area contributed by atoms with Crippen LogP contribution in [-0.2, 0) is 14.1 Å². The van der Waals surface area contributed by atoms with Gasteiger partial charge in [-0.25, -0.2) is 9.59 Å². The Labute approximate surface area is 148 Å². The Balaban J connectivity index is 1.71. The van der Waals surface area contributed by atoms with Crippen LogP contribution in [0.4, 0.5) is 4.79 Å². The number of amides is 1. The SMILES string of the molecule is NC[C@H](NC(=O)OCC1c2ccccc2-c2ccccc21)C(=O)OP. The second-order valence-electron chi connectivity index (χ2n) is 5.70. The zero-order valence-corrected chi connectivity index (χ0v) is 14.6. The van der Waals surface area contributed by atoms with Crippen molar-refractivity contribution in [2.75, 3.05) is 13.2 Å². The zero-order valence-electron chi connectivity index (χ0n) is 13.5. The van der Waals surface area contributed by atoms with E-state index >= 15 is 0 Å². The third-order valence-corrected chi connectivity index (χ3v) is 4.50. The molecule has 0 saturated carbocycles. The molecule has 0 fully saturated rings. The summed E-state index contributed by atoms with van der Waals surface area (Å²) in [6.45, 7) is 0.102. The highest BCUT2D eigenvalue weighted by atomic mass is 31.0. The first kappa shape index (κ1) is 17.4. The van der Waals surface area contributed by atoms with Crippen molar-refractivity contribution in [3.8, 4) is 11.1 Å². The van der Waals surface area contributed by atoms with Gasteiger partial charge in [0.15, 0.2) is 0 Å². The molecule has 2 aromatic rings. The van der Waals surface area contributed by atoms with Crippen LogP contribution in [0.1, 0.15) is 17.0 Å². The molecule has 0 radical (unpaired) electrons. The minimum absolute atomic E-state index is 0.0387. The molecule has 3 rings (SSSR count). The second-order valence-corrected chi connectivity index (χ2v) is 5.93. The number of rotatable bonds is 5. The number of alkyl carbamates (subject to hydrolysis) is 1. The van der Waals surface area contributed by atoms with E-state index in [2.05, 4.69) is 22.0 Å². The van der Waals surface area contributed by atoms with Crippen LogP contribution in [-0.4, -0.2) is 31.3 Å². The highest BCUT2D eigenvalue weighted by molar-refractivity contribution is 7.10. The smallest absolute Gasteiger partial charge is 0.407 e. The van der Waals surface area contributed by atoms with Crippen molar-refractivity contribution in [1.82, 2.24) is 5.32 Å². The van der Waals surface area contributed by atoms with Crippen LogP contribution < -0.4 is 11.1 Å². The fourth-order valence-electron chi connectivity index (χ4n) is 3.08. The molecule has 7 heteroatoms. The van der Waals surface area contributed by atoms with Crippen molar-refractivity contribution in [3.05, 3.63) is 59.7 Å². The molecular weight excluding hydrogens is 339 g/mol. The third-order valence-electron chi connectivity index (χ3n) is 4.27. The van der Waals surface area contributed by atoms with E-state index in [9.17, 15) is 9.59 Å². The maximum atomic E-state index is 12.0. The Bertz CT molecular complexity index is 751. The van der Waals surface area contributed by atoms with Crippen molar-refractivity contribution in [3.63, 3.8) is 0 Å². The number of nitrogens with one attached hydrogen (secondary N) is 1. The molecular formula is C18H19N2O4P. The molecule has 0 aromatic heterocycles. The molecule has 0 saturated heterocycles. The summed E-state index contributed by atoms with van der Waals surface area (Å²) in [4.78, 5) is 23.5. The third kappa shape index (κ3) is 3.50. The summed E-state index contributed by atoms with van der Waals surface area (Å²) in [6, 6.07) is 15.2. The molecule has 1 amide bonds. The first-order chi connectivity index (χ1) is 12.2. The molecule has 25 heavy (non-hydrogen) atoms. The number of fused-ring (bicyclic) bond motifs is 3. The van der Waals surface area contributed by atoms with Gasteiger partial charge in [-0.15, -0.1) is 0 Å². The van der Waals surface area contributed by atoms with Crippen molar-refractivity contribution in [2.24, 2.45) is 5.73 Å². The summed E-state index contributed by atoms with van der Waals surface area (Å²) in [5, 5.41) is 2.42. The maximum absolute atomic E-state index is 12.0. The normalized spacial score (nSPS) is 13.5. The van der Waals surface area contributed by atoms with Crippen molar-refractivity contribution in [1.29, 1.82) is 0 Å². The lowest BCUT2D eigenvalue weighted by Crippen LogP contribution is -2.46. The van der Waals surface area contributed by atoms with Crippen molar-refractivity contribution < 1.29 is 18.8 Å². The molecule has 2 atom stereocenters. The number of carbonyl (C=O) groups excluding carboxylic acids is 2. The zero-order chi connectivity index (χ0) is 17.8. The van der Waals surface area contributed by atoms with Crippen LogP contribution in [0.15, 0.2) is 48.5 Å². The summed E-state index contributed by atoms with van der Waals surface area (Å²) in [6.07, 6.45) is -0.701. The molecule has 6 nitrogen and oxygen atoms in total. The summed E-state index contributed by atoms with van der Waals surface area (Å²) in [5.74, 6) is -0.677. The highest BCUT2D eigenvalue weighted by Gasteiger charge is 2.29. The van der Waals surface area contributed by atoms with Gasteiger partial charge in [0.1, 0.15) is 12.6 Å². The van der Waals surface area contributed by atoms with Gasteiger partial charge >= 0.3 is 12.1 Å². The van der Waals surface area contributed by atoms with Crippen LogP contribution in [0.2, 0.25) is 0 Å². The van der Waals surface area contributed by atoms with E-state index in [1.54, 1.807) is 0 Å². The number of nitrogens with two attached hydrogens (primary N) is 1. The number of ether oxygens (including phenoxy) is 1. The summed E-state index contributed by atoms with van der Waals surface area (Å²) < 4.78 is 9.85. The second kappa shape index (κ2) is 7.64. The van der Waals surface area contributed by atoms with Gasteiger partial charge in [-0.1, -0.05) is 48.5 Å². The largest absolute Gasteiger partial charge is 0.450 e. The summed E-state index contributed by atoms with van der Waals surface area (Å²) >= 11 is 0. The fourth-order valence-corrected chi connectivity index (χ4v) is 3.24. The van der Waals surface area contributed by atoms with Gasteiger partial charge in [0.05, 0.1) is 9.47 Å². The molecule has 2 aromatic carbocycles. The molecule has 0 heterocycles. The Morgan fingerprint density at radius 1 is 1.08 bits per heavy atom. The van der Waals surface area contributed by atoms with Crippen LogP contribution in [0.25, 0.3) is 11.1 Å². The number of hydrogen-bond donors (Lipinski definition) is 2. The van der Waals surface area contributed by atoms with Gasteiger partial charge in [-0.05, 0) is 22.3 Å². The lowest BCUT2D eigenvalue weighted by molar-refractivity contribution is -0.135. The monoisotopic (exact) mass is 358 g/mol. The van der Waals surface area contributed by atoms with Gasteiger partial charge in [0.25, 0.3) is 0 Å². The van der Waals surface area contributed by atoms with Gasteiger partial charge in [-0.2, -0.15) is 0 Å². The minimum Gasteiger partial charge on any atom is -0.450 e. The average Bonchev–Trinajstić information content (AvgIpc) is 2.98. The lowest BCUT2D eigenvalue weighted by atomic mass is 9.98. The number of benzene rings is 2. The molecule has 1 aliphatic rings. The van der Waals surface area contributed by atoms with Crippen LogP contribution >= 0.6 is 9.47 Å². The fraction of sp³-hybridized carbons (Fsp3) is 0.222. The minimum atomic E-state index is -0.937. The molecule has 0 aliphatic heterocycles. The lowest BCUT2D eigenvalue weighted by Gasteiger charge is -2.17. The van der Waals surface area contributed by atoms with E-state index in [1.165, 1.54) is 0 Å². The Morgan fingerprint density at radius 3 is 2.16 bits per heavy atom. The van der Waals surface area contributed by atoms with E-state index in [-0.39, 0.29) is 19.1 Å². The predicted octanol–water partition coefficient (Wildman–Crippen LogP) is 2.19. The Hall–Kier alpha value is -2.43. The number of carbonyl (C=O) groups is 2. The first-order valence-electron chi connectivity index (χ1n) is 7.88. The van der Waals surface area contributed by atoms with Crippen LogP contribution in [0, 0.1) is 0 Å². The standard InChI is InChI=1S/C18H19N2O4P/c19-9-16(17(21)24-25)20-18(22)23-10-15-13-7-3-1-5-11(13)12-6-2-4-8-14(12)15/h1-8,15-16H,9-10,19,25H2,(H,20,22)/t16-/m0/s1. The molecule has 3 N–H and O–H groups in total. The van der Waals surface area contributed by atoms with Gasteiger partial charge in [0, 0.05) is 12.5 Å². The molecule has 1 unspecified atom stereocenters. The maximum Gasteiger partial charge on any atom is 0.407 e. The Kier molecular flexibility index (Phi) is 5.31. The van der Waals surface area contributed by atoms with Crippen molar-refractivity contribution in [2.45, 2.75) is 12.0 Å². The molecule has 130 valence electrons. The van der Waals surface area contributed by atoms with Gasteiger partial charge in [0.2, 0.25) is 0 Å². The van der Waals surface area contributed by atoms with E-state index < -0.39 is 18.1 Å². The summed E-state index contributed by atoms with van der Waals surface area (Å²) in [7, 11) is 1.83. The van der Waals surface area contributed by atoms with Crippen LogP contribution in [0.3, 0.4) is 0 Å². The van der Waals surface area contributed by atoms with E-state index in [0.29, 0.717) is 0 Å². The summed E-state index contributed by atoms with van der Waals surface area (Å²) in [5.41, 5.74) is 10.0. The van der Waals surface area contributed by atoms with Gasteiger partial charge in [-0.3, -0.25) is 0 Å². The predicted molar refractivity (Wildman–Crippen MR) is 96.8 cm³/mol. The van der Waals surface area contributed by atoms with E-state index in [1.807, 2.05) is 45.9 Å². The first-order valence-corrected chi connectivity index (χ1v) is 8.35. The topological polar surface area (TPSA) is 90.6 Å². The molecule has 0 bridgehead atoms. The quantitative estimate of drug-likeness (QED) is 0.800. The molecule has 1 aliphatic carbocycles. The molecule has 0 spiro atoms. The number of hydrogen-bond acceptors (Lipinski definition) is 5. The van der Waals surface area contributed by atoms with Crippen LogP contribution in [0.5, 0.6) is 0 Å². The van der Waals surface area contributed by atoms with Gasteiger partial charge < -0.3 is 20.3 Å². The van der Waals surface area contributed by atoms with Crippen molar-refractivity contribution >= 4 is 21.5 Å². The van der Waals surface area contributed by atoms with E-state index in [4.69, 9.17) is 10.5 Å². The highest BCUT2D eigenvalue weighted by Crippen LogP contribution is 2.44. The average molecular weight is 358 g/mol. The Morgan fingerprint density at radius 2 is 1.64 bits per heavy atom. The van der Waals surface area contributed by atoms with E-state index in [0.717, 1.165) is 22.3 Å².